The Labute approximate surface area is 189 Å². The molecule has 10 heteroatoms. The van der Waals surface area contributed by atoms with Crippen LogP contribution in [0.3, 0.4) is 0 Å². The van der Waals surface area contributed by atoms with Gasteiger partial charge in [-0.25, -0.2) is 27.0 Å². The molecule has 9 nitrogen and oxygen atoms in total. The highest BCUT2D eigenvalue weighted by molar-refractivity contribution is 7.90. The first kappa shape index (κ1) is 20.7. The van der Waals surface area contributed by atoms with Gasteiger partial charge in [-0.05, 0) is 42.5 Å². The number of benzene rings is 2. The Bertz CT molecular complexity index is 1510. The molecule has 3 heterocycles. The number of carbonyl (C=O) groups excluding carboxylic acids is 1. The van der Waals surface area contributed by atoms with Gasteiger partial charge in [0.05, 0.1) is 28.9 Å². The van der Waals surface area contributed by atoms with Crippen LogP contribution in [-0.2, 0) is 16.6 Å². The van der Waals surface area contributed by atoms with Crippen molar-refractivity contribution in [1.29, 1.82) is 0 Å². The van der Waals surface area contributed by atoms with Gasteiger partial charge in [0.25, 0.3) is 10.0 Å². The second-order valence-electron chi connectivity index (χ2n) is 7.57. The lowest BCUT2D eigenvalue weighted by molar-refractivity contribution is 0.0697. The van der Waals surface area contributed by atoms with E-state index in [2.05, 4.69) is 4.98 Å². The maximum atomic E-state index is 13.2. The van der Waals surface area contributed by atoms with Crippen molar-refractivity contribution < 1.29 is 23.1 Å². The molecule has 0 radical (unpaired) electrons. The number of urea groups is 1. The van der Waals surface area contributed by atoms with Gasteiger partial charge >= 0.3 is 12.0 Å². The summed E-state index contributed by atoms with van der Waals surface area (Å²) in [6, 6.07) is 15.5. The van der Waals surface area contributed by atoms with Crippen LogP contribution in [0.25, 0.3) is 11.0 Å². The Morgan fingerprint density at radius 2 is 1.73 bits per heavy atom. The number of pyridine rings is 1. The van der Waals surface area contributed by atoms with Gasteiger partial charge in [0.2, 0.25) is 0 Å². The molecule has 0 aliphatic carbocycles. The number of hydrogen-bond acceptors (Lipinski definition) is 5. The Morgan fingerprint density at radius 3 is 2.39 bits per heavy atom. The number of amides is 2. The van der Waals surface area contributed by atoms with Crippen LogP contribution in [0, 0.1) is 0 Å². The maximum absolute atomic E-state index is 13.2. The van der Waals surface area contributed by atoms with Crippen LogP contribution in [0.5, 0.6) is 0 Å². The van der Waals surface area contributed by atoms with Crippen LogP contribution in [0.2, 0.25) is 0 Å². The number of anilines is 2. The predicted octanol–water partition coefficient (Wildman–Crippen LogP) is 3.55. The molecule has 2 aromatic carbocycles. The average molecular weight is 462 g/mol. The largest absolute Gasteiger partial charge is 0.478 e. The molecule has 0 saturated carbocycles. The fourth-order valence-electron chi connectivity index (χ4n) is 3.96. The minimum atomic E-state index is -3.85. The monoisotopic (exact) mass is 462 g/mol. The van der Waals surface area contributed by atoms with Crippen LogP contribution in [-0.4, -0.2) is 41.5 Å². The van der Waals surface area contributed by atoms with E-state index in [-0.39, 0.29) is 28.7 Å². The van der Waals surface area contributed by atoms with Gasteiger partial charge in [0.1, 0.15) is 0 Å². The molecule has 0 bridgehead atoms. The Kier molecular flexibility index (Phi) is 4.68. The summed E-state index contributed by atoms with van der Waals surface area (Å²) < 4.78 is 27.5. The van der Waals surface area contributed by atoms with Crippen molar-refractivity contribution in [2.75, 3.05) is 16.8 Å². The summed E-state index contributed by atoms with van der Waals surface area (Å²) >= 11 is 0. The van der Waals surface area contributed by atoms with Crippen molar-refractivity contribution in [2.45, 2.75) is 11.4 Å². The number of fused-ring (bicyclic) bond motifs is 3. The highest BCUT2D eigenvalue weighted by atomic mass is 32.2. The summed E-state index contributed by atoms with van der Waals surface area (Å²) in [4.78, 5) is 31.6. The van der Waals surface area contributed by atoms with E-state index in [4.69, 9.17) is 5.11 Å². The molecule has 166 valence electrons. The second kappa shape index (κ2) is 7.45. The third kappa shape index (κ3) is 3.23. The van der Waals surface area contributed by atoms with Crippen LogP contribution in [0.15, 0.2) is 78.0 Å². The first-order valence-corrected chi connectivity index (χ1v) is 11.4. The minimum Gasteiger partial charge on any atom is -0.478 e. The number of carbonyl (C=O) groups is 2. The molecule has 2 amide bonds. The summed E-state index contributed by atoms with van der Waals surface area (Å²) in [5, 5.41) is 9.74. The molecule has 0 unspecified atom stereocenters. The Morgan fingerprint density at radius 1 is 1.03 bits per heavy atom. The normalized spacial score (nSPS) is 13.9. The molecule has 1 N–H and O–H groups in total. The van der Waals surface area contributed by atoms with Gasteiger partial charge in [0.15, 0.2) is 5.65 Å². The molecule has 1 aliphatic heterocycles. The molecule has 0 fully saturated rings. The third-order valence-corrected chi connectivity index (χ3v) is 7.37. The smallest absolute Gasteiger partial charge is 0.335 e. The first-order valence-electron chi connectivity index (χ1n) is 9.97. The number of aromatic carboxylic acids is 1. The number of carboxylic acids is 1. The van der Waals surface area contributed by atoms with E-state index in [9.17, 15) is 18.0 Å². The number of hydrogen-bond donors (Lipinski definition) is 1. The fraction of sp³-hybridized carbons (Fsp3) is 0.0870. The molecule has 0 spiro atoms. The third-order valence-electron chi connectivity index (χ3n) is 5.69. The number of rotatable bonds is 4. The van der Waals surface area contributed by atoms with Gasteiger partial charge in [-0.3, -0.25) is 9.80 Å². The fourth-order valence-corrected chi connectivity index (χ4v) is 5.28. The molecule has 4 aromatic rings. The van der Waals surface area contributed by atoms with Crippen LogP contribution < -0.4 is 9.80 Å². The summed E-state index contributed by atoms with van der Waals surface area (Å²) in [5.41, 5.74) is 2.24. The molecular weight excluding hydrogens is 444 g/mol. The van der Waals surface area contributed by atoms with Gasteiger partial charge < -0.3 is 5.11 Å². The quantitative estimate of drug-likeness (QED) is 0.496. The predicted molar refractivity (Wildman–Crippen MR) is 122 cm³/mol. The van der Waals surface area contributed by atoms with Crippen molar-refractivity contribution in [3.8, 4) is 0 Å². The molecule has 0 saturated heterocycles. The van der Waals surface area contributed by atoms with Crippen LogP contribution >= 0.6 is 0 Å². The SMILES string of the molecule is CN1C(=O)N(c2ccc(C(=O)O)cc2)Cc2c1cnc1c2ccn1S(=O)(=O)c1ccccc1. The zero-order valence-electron chi connectivity index (χ0n) is 17.4. The van der Waals surface area contributed by atoms with Crippen molar-refractivity contribution in [3.05, 3.63) is 84.2 Å². The number of aromatic nitrogens is 2. The van der Waals surface area contributed by atoms with E-state index in [1.165, 1.54) is 46.5 Å². The lowest BCUT2D eigenvalue weighted by Crippen LogP contribution is -2.45. The zero-order valence-corrected chi connectivity index (χ0v) is 18.2. The van der Waals surface area contributed by atoms with Crippen molar-refractivity contribution in [3.63, 3.8) is 0 Å². The number of carboxylic acid groups (broad SMARTS) is 1. The molecule has 33 heavy (non-hydrogen) atoms. The second-order valence-corrected chi connectivity index (χ2v) is 9.38. The molecule has 0 atom stereocenters. The van der Waals surface area contributed by atoms with Gasteiger partial charge in [-0.2, -0.15) is 0 Å². The minimum absolute atomic E-state index is 0.117. The van der Waals surface area contributed by atoms with E-state index < -0.39 is 16.0 Å². The molecule has 2 aromatic heterocycles. The lowest BCUT2D eigenvalue weighted by Gasteiger charge is -2.35. The summed E-state index contributed by atoms with van der Waals surface area (Å²) in [6.45, 7) is 0.180. The lowest BCUT2D eigenvalue weighted by atomic mass is 10.1. The van der Waals surface area contributed by atoms with E-state index in [1.807, 2.05) is 0 Å². The standard InChI is InChI=1S/C23H18N4O5S/c1-25-20-13-24-21-18(11-12-27(21)33(31,32)17-5-3-2-4-6-17)19(20)14-26(23(25)30)16-9-7-15(8-10-16)22(28)29/h2-13H,14H2,1H3,(H,28,29). The Hall–Kier alpha value is -4.18. The topological polar surface area (TPSA) is 113 Å². The van der Waals surface area contributed by atoms with E-state index in [0.717, 1.165) is 9.54 Å². The highest BCUT2D eigenvalue weighted by Gasteiger charge is 2.32. The highest BCUT2D eigenvalue weighted by Crippen LogP contribution is 2.36. The molecule has 1 aliphatic rings. The van der Waals surface area contributed by atoms with Crippen molar-refractivity contribution >= 4 is 44.4 Å². The average Bonchev–Trinajstić information content (AvgIpc) is 3.27. The van der Waals surface area contributed by atoms with Gasteiger partial charge in [-0.1, -0.05) is 18.2 Å². The van der Waals surface area contributed by atoms with Crippen molar-refractivity contribution in [2.24, 2.45) is 0 Å². The first-order chi connectivity index (χ1) is 15.8. The molecular formula is C23H18N4O5S. The van der Waals surface area contributed by atoms with Crippen LogP contribution in [0.1, 0.15) is 15.9 Å². The zero-order chi connectivity index (χ0) is 23.3. The number of nitrogens with zero attached hydrogens (tertiary/aromatic N) is 4. The van der Waals surface area contributed by atoms with E-state index in [1.54, 1.807) is 43.4 Å². The summed E-state index contributed by atoms with van der Waals surface area (Å²) in [7, 11) is -2.23. The van der Waals surface area contributed by atoms with E-state index >= 15 is 0 Å². The van der Waals surface area contributed by atoms with Crippen molar-refractivity contribution in [1.82, 2.24) is 8.96 Å². The maximum Gasteiger partial charge on any atom is 0.335 e. The van der Waals surface area contributed by atoms with Gasteiger partial charge in [-0.15, -0.1) is 0 Å². The van der Waals surface area contributed by atoms with E-state index in [0.29, 0.717) is 16.8 Å². The summed E-state index contributed by atoms with van der Waals surface area (Å²) in [5.74, 6) is -1.05. The summed E-state index contributed by atoms with van der Waals surface area (Å²) in [6.07, 6.45) is 2.96. The van der Waals surface area contributed by atoms with Crippen LogP contribution in [0.4, 0.5) is 16.2 Å². The Balaban J connectivity index is 1.61. The molecule has 5 rings (SSSR count). The van der Waals surface area contributed by atoms with Gasteiger partial charge in [0, 0.05) is 29.9 Å².